The third-order valence-corrected chi connectivity index (χ3v) is 2.03. The third kappa shape index (κ3) is 2.64. The van der Waals surface area contributed by atoms with Gasteiger partial charge in [-0.15, -0.1) is 0 Å². The highest BCUT2D eigenvalue weighted by molar-refractivity contribution is 6.34. The number of halogens is 1. The summed E-state index contributed by atoms with van der Waals surface area (Å²) in [4.78, 5) is 0. The third-order valence-electron chi connectivity index (χ3n) is 1.71. The van der Waals surface area contributed by atoms with Gasteiger partial charge in [0.2, 0.25) is 0 Å². The Balaban J connectivity index is 2.94. The van der Waals surface area contributed by atoms with Crippen LogP contribution in [0.5, 0.6) is 0 Å². The standard InChI is InChI=1S/C10H14ClN3/c1-6(2)14-7-3-4-8(10(12)13)9(11)5-7/h3-6,14H,1-2H3,(H3,12,13). The number of nitrogens with two attached hydrogens (primary N) is 1. The van der Waals surface area contributed by atoms with Crippen LogP contribution >= 0.6 is 11.6 Å². The SMILES string of the molecule is CC(C)Nc1ccc(C(=N)N)c(Cl)c1. The van der Waals surface area contributed by atoms with E-state index in [1.54, 1.807) is 12.1 Å². The van der Waals surface area contributed by atoms with Gasteiger partial charge in [-0.05, 0) is 32.0 Å². The minimum atomic E-state index is -0.00824. The Bertz CT molecular complexity index is 347. The zero-order chi connectivity index (χ0) is 10.7. The van der Waals surface area contributed by atoms with Crippen LogP contribution in [0.2, 0.25) is 5.02 Å². The van der Waals surface area contributed by atoms with Crippen LogP contribution in [0.25, 0.3) is 0 Å². The molecule has 1 aromatic carbocycles. The predicted octanol–water partition coefficient (Wildman–Crippen LogP) is 2.44. The van der Waals surface area contributed by atoms with Crippen molar-refractivity contribution < 1.29 is 0 Å². The number of rotatable bonds is 3. The molecule has 0 unspecified atom stereocenters. The average molecular weight is 212 g/mol. The minimum Gasteiger partial charge on any atom is -0.384 e. The maximum atomic E-state index is 7.26. The number of nitrogen functional groups attached to an aromatic ring is 1. The van der Waals surface area contributed by atoms with E-state index in [1.165, 1.54) is 0 Å². The maximum Gasteiger partial charge on any atom is 0.124 e. The molecule has 0 amide bonds. The van der Waals surface area contributed by atoms with E-state index in [1.807, 2.05) is 19.9 Å². The molecule has 0 saturated heterocycles. The van der Waals surface area contributed by atoms with Crippen molar-refractivity contribution in [1.29, 1.82) is 5.41 Å². The van der Waals surface area contributed by atoms with Crippen LogP contribution in [0.1, 0.15) is 19.4 Å². The number of benzene rings is 1. The first-order valence-electron chi connectivity index (χ1n) is 4.41. The molecule has 0 aliphatic rings. The summed E-state index contributed by atoms with van der Waals surface area (Å²) in [5.41, 5.74) is 6.85. The van der Waals surface area contributed by atoms with E-state index in [2.05, 4.69) is 5.32 Å². The highest BCUT2D eigenvalue weighted by atomic mass is 35.5. The Morgan fingerprint density at radius 3 is 2.57 bits per heavy atom. The molecule has 4 N–H and O–H groups in total. The molecule has 0 aliphatic heterocycles. The second-order valence-corrected chi connectivity index (χ2v) is 3.81. The Kier molecular flexibility index (Phi) is 3.36. The molecule has 1 rings (SSSR count). The quantitative estimate of drug-likeness (QED) is 0.531. The monoisotopic (exact) mass is 211 g/mol. The fourth-order valence-corrected chi connectivity index (χ4v) is 1.44. The van der Waals surface area contributed by atoms with Crippen molar-refractivity contribution >= 4 is 23.1 Å². The van der Waals surface area contributed by atoms with Crippen LogP contribution in [0.3, 0.4) is 0 Å². The molecule has 4 heteroatoms. The highest BCUT2D eigenvalue weighted by Crippen LogP contribution is 2.20. The lowest BCUT2D eigenvalue weighted by Crippen LogP contribution is -2.13. The van der Waals surface area contributed by atoms with Crippen LogP contribution in [-0.2, 0) is 0 Å². The van der Waals surface area contributed by atoms with Gasteiger partial charge in [-0.2, -0.15) is 0 Å². The van der Waals surface area contributed by atoms with Gasteiger partial charge in [-0.1, -0.05) is 11.6 Å². The van der Waals surface area contributed by atoms with E-state index in [0.29, 0.717) is 16.6 Å². The van der Waals surface area contributed by atoms with E-state index in [-0.39, 0.29) is 5.84 Å². The van der Waals surface area contributed by atoms with Crippen molar-refractivity contribution in [3.63, 3.8) is 0 Å². The fraction of sp³-hybridized carbons (Fsp3) is 0.300. The molecule has 0 saturated carbocycles. The normalized spacial score (nSPS) is 10.3. The molecule has 0 bridgehead atoms. The number of hydrogen-bond donors (Lipinski definition) is 3. The van der Waals surface area contributed by atoms with Gasteiger partial charge in [-0.25, -0.2) is 0 Å². The lowest BCUT2D eigenvalue weighted by Gasteiger charge is -2.11. The van der Waals surface area contributed by atoms with E-state index in [0.717, 1.165) is 5.69 Å². The molecular formula is C10H14ClN3. The van der Waals surface area contributed by atoms with Crippen molar-refractivity contribution in [2.24, 2.45) is 5.73 Å². The van der Waals surface area contributed by atoms with Crippen LogP contribution in [0.4, 0.5) is 5.69 Å². The number of hydrogen-bond acceptors (Lipinski definition) is 2. The van der Waals surface area contributed by atoms with Gasteiger partial charge in [0.25, 0.3) is 0 Å². The van der Waals surface area contributed by atoms with Gasteiger partial charge in [0.15, 0.2) is 0 Å². The average Bonchev–Trinajstić information content (AvgIpc) is 2.01. The Morgan fingerprint density at radius 1 is 1.50 bits per heavy atom. The summed E-state index contributed by atoms with van der Waals surface area (Å²) in [7, 11) is 0. The van der Waals surface area contributed by atoms with E-state index in [4.69, 9.17) is 22.7 Å². The molecule has 1 aromatic rings. The summed E-state index contributed by atoms with van der Waals surface area (Å²) in [6.45, 7) is 4.10. The van der Waals surface area contributed by atoms with Gasteiger partial charge < -0.3 is 11.1 Å². The Labute approximate surface area is 88.8 Å². The summed E-state index contributed by atoms with van der Waals surface area (Å²) >= 11 is 5.95. The lowest BCUT2D eigenvalue weighted by atomic mass is 10.2. The van der Waals surface area contributed by atoms with Gasteiger partial charge in [0, 0.05) is 17.3 Å². The van der Waals surface area contributed by atoms with Crippen molar-refractivity contribution in [2.45, 2.75) is 19.9 Å². The molecule has 0 heterocycles. The molecule has 0 spiro atoms. The minimum absolute atomic E-state index is 0.00824. The van der Waals surface area contributed by atoms with Crippen LogP contribution in [-0.4, -0.2) is 11.9 Å². The maximum absolute atomic E-state index is 7.26. The molecule has 0 aliphatic carbocycles. The second kappa shape index (κ2) is 4.33. The van der Waals surface area contributed by atoms with E-state index >= 15 is 0 Å². The molecule has 0 aromatic heterocycles. The first kappa shape index (κ1) is 10.9. The van der Waals surface area contributed by atoms with Crippen molar-refractivity contribution in [3.05, 3.63) is 28.8 Å². The summed E-state index contributed by atoms with van der Waals surface area (Å²) in [6.07, 6.45) is 0. The summed E-state index contributed by atoms with van der Waals surface area (Å²) in [6, 6.07) is 5.74. The number of anilines is 1. The predicted molar refractivity (Wildman–Crippen MR) is 61.2 cm³/mol. The number of nitrogens with one attached hydrogen (secondary N) is 2. The summed E-state index contributed by atoms with van der Waals surface area (Å²) in [5.74, 6) is -0.00824. The molecule has 0 radical (unpaired) electrons. The first-order valence-corrected chi connectivity index (χ1v) is 4.79. The largest absolute Gasteiger partial charge is 0.384 e. The van der Waals surface area contributed by atoms with Gasteiger partial charge in [0.1, 0.15) is 5.84 Å². The summed E-state index contributed by atoms with van der Waals surface area (Å²) < 4.78 is 0. The summed E-state index contributed by atoms with van der Waals surface area (Å²) in [5, 5.41) is 11.0. The first-order chi connectivity index (χ1) is 6.50. The molecule has 14 heavy (non-hydrogen) atoms. The van der Waals surface area contributed by atoms with Crippen LogP contribution in [0.15, 0.2) is 18.2 Å². The van der Waals surface area contributed by atoms with Gasteiger partial charge in [0.05, 0.1) is 5.02 Å². The molecule has 0 atom stereocenters. The lowest BCUT2D eigenvalue weighted by molar-refractivity contribution is 0.900. The number of amidine groups is 1. The topological polar surface area (TPSA) is 61.9 Å². The van der Waals surface area contributed by atoms with E-state index in [9.17, 15) is 0 Å². The van der Waals surface area contributed by atoms with Crippen LogP contribution in [0, 0.1) is 5.41 Å². The van der Waals surface area contributed by atoms with Crippen molar-refractivity contribution in [3.8, 4) is 0 Å². The molecule has 3 nitrogen and oxygen atoms in total. The Hall–Kier alpha value is -1.22. The zero-order valence-electron chi connectivity index (χ0n) is 8.26. The van der Waals surface area contributed by atoms with Gasteiger partial charge >= 0.3 is 0 Å². The zero-order valence-corrected chi connectivity index (χ0v) is 9.02. The van der Waals surface area contributed by atoms with Crippen molar-refractivity contribution in [2.75, 3.05) is 5.32 Å². The molecular weight excluding hydrogens is 198 g/mol. The smallest absolute Gasteiger partial charge is 0.124 e. The Morgan fingerprint density at radius 2 is 2.14 bits per heavy atom. The van der Waals surface area contributed by atoms with E-state index < -0.39 is 0 Å². The highest BCUT2D eigenvalue weighted by Gasteiger charge is 2.04. The van der Waals surface area contributed by atoms with Gasteiger partial charge in [-0.3, -0.25) is 5.41 Å². The second-order valence-electron chi connectivity index (χ2n) is 3.41. The molecule has 0 fully saturated rings. The molecule has 76 valence electrons. The van der Waals surface area contributed by atoms with Crippen LogP contribution < -0.4 is 11.1 Å². The fourth-order valence-electron chi connectivity index (χ4n) is 1.16. The van der Waals surface area contributed by atoms with Crippen molar-refractivity contribution in [1.82, 2.24) is 0 Å².